The summed E-state index contributed by atoms with van der Waals surface area (Å²) in [7, 11) is 1.56. The highest BCUT2D eigenvalue weighted by molar-refractivity contribution is 6.32. The van der Waals surface area contributed by atoms with E-state index in [1.165, 1.54) is 30.8 Å². The molecule has 0 atom stereocenters. The number of hydrogen-bond acceptors (Lipinski definition) is 5. The van der Waals surface area contributed by atoms with Crippen molar-refractivity contribution in [3.63, 3.8) is 0 Å². The fraction of sp³-hybridized carbons (Fsp3) is 0.350. The number of hydrogen-bond donors (Lipinski definition) is 2. The molecular formula is C20H23ClN4O2. The zero-order chi connectivity index (χ0) is 19.1. The first-order valence-corrected chi connectivity index (χ1v) is 9.42. The molecule has 1 aliphatic carbocycles. The Morgan fingerprint density at radius 2 is 2.07 bits per heavy atom. The molecule has 0 saturated heterocycles. The normalized spacial score (nSPS) is 13.6. The standard InChI is InChI=1S/C20H23ClN4O2/c1-27-18-8-7-16(11-17(18)21)25-20-23-12-15(13-24-20)19(26)22-10-9-14-5-3-2-4-6-14/h5,7-8,11-13H,2-4,6,9-10H2,1H3,(H,22,26)(H,23,24,25). The number of carbonyl (C=O) groups is 1. The summed E-state index contributed by atoms with van der Waals surface area (Å²) < 4.78 is 5.12. The lowest BCUT2D eigenvalue weighted by Gasteiger charge is -2.13. The number of anilines is 2. The number of halogens is 1. The van der Waals surface area contributed by atoms with Gasteiger partial charge in [0.05, 0.1) is 17.7 Å². The van der Waals surface area contributed by atoms with Gasteiger partial charge in [0.1, 0.15) is 5.75 Å². The summed E-state index contributed by atoms with van der Waals surface area (Å²) in [6, 6.07) is 5.30. The Morgan fingerprint density at radius 1 is 1.26 bits per heavy atom. The Balaban J connectivity index is 1.52. The topological polar surface area (TPSA) is 76.1 Å². The van der Waals surface area contributed by atoms with E-state index < -0.39 is 0 Å². The van der Waals surface area contributed by atoms with Crippen LogP contribution in [0.2, 0.25) is 5.02 Å². The average Bonchev–Trinajstić information content (AvgIpc) is 2.69. The van der Waals surface area contributed by atoms with E-state index in [1.54, 1.807) is 19.2 Å². The second kappa shape index (κ2) is 9.37. The second-order valence-corrected chi connectivity index (χ2v) is 6.79. The van der Waals surface area contributed by atoms with Gasteiger partial charge in [-0.1, -0.05) is 23.3 Å². The summed E-state index contributed by atoms with van der Waals surface area (Å²) in [5, 5.41) is 6.46. The van der Waals surface area contributed by atoms with Gasteiger partial charge in [0.15, 0.2) is 0 Å². The van der Waals surface area contributed by atoms with E-state index in [9.17, 15) is 4.79 Å². The Bertz CT molecular complexity index is 821. The van der Waals surface area contributed by atoms with Crippen LogP contribution in [0.25, 0.3) is 0 Å². The third kappa shape index (κ3) is 5.44. The molecule has 0 unspecified atom stereocenters. The van der Waals surface area contributed by atoms with Crippen LogP contribution in [0.3, 0.4) is 0 Å². The Kier molecular flexibility index (Phi) is 6.65. The summed E-state index contributed by atoms with van der Waals surface area (Å²) in [4.78, 5) is 20.6. The van der Waals surface area contributed by atoms with E-state index in [0.717, 1.165) is 24.9 Å². The molecule has 27 heavy (non-hydrogen) atoms. The van der Waals surface area contributed by atoms with Gasteiger partial charge in [-0.25, -0.2) is 9.97 Å². The van der Waals surface area contributed by atoms with Gasteiger partial charge >= 0.3 is 0 Å². The number of nitrogens with zero attached hydrogens (tertiary/aromatic N) is 2. The van der Waals surface area contributed by atoms with Gasteiger partial charge in [0.25, 0.3) is 5.91 Å². The van der Waals surface area contributed by atoms with Crippen molar-refractivity contribution in [2.75, 3.05) is 19.0 Å². The fourth-order valence-corrected chi connectivity index (χ4v) is 3.21. The highest BCUT2D eigenvalue weighted by Crippen LogP contribution is 2.28. The zero-order valence-corrected chi connectivity index (χ0v) is 16.1. The van der Waals surface area contributed by atoms with E-state index in [0.29, 0.717) is 28.8 Å². The number of aromatic nitrogens is 2. The molecule has 6 nitrogen and oxygen atoms in total. The SMILES string of the molecule is COc1ccc(Nc2ncc(C(=O)NCCC3=CCCCC3)cn2)cc1Cl. The third-order valence-electron chi connectivity index (χ3n) is 4.44. The van der Waals surface area contributed by atoms with Crippen molar-refractivity contribution >= 4 is 29.1 Å². The van der Waals surface area contributed by atoms with Crippen LogP contribution >= 0.6 is 11.6 Å². The van der Waals surface area contributed by atoms with Crippen LogP contribution in [-0.2, 0) is 0 Å². The minimum atomic E-state index is -0.162. The minimum absolute atomic E-state index is 0.162. The van der Waals surface area contributed by atoms with Gasteiger partial charge in [-0.3, -0.25) is 4.79 Å². The maximum Gasteiger partial charge on any atom is 0.254 e. The molecule has 7 heteroatoms. The van der Waals surface area contributed by atoms with Gasteiger partial charge in [-0.2, -0.15) is 0 Å². The van der Waals surface area contributed by atoms with E-state index >= 15 is 0 Å². The second-order valence-electron chi connectivity index (χ2n) is 6.38. The lowest BCUT2D eigenvalue weighted by atomic mass is 9.97. The molecule has 1 aromatic heterocycles. The summed E-state index contributed by atoms with van der Waals surface area (Å²) >= 11 is 6.10. The van der Waals surface area contributed by atoms with Crippen molar-refractivity contribution in [1.82, 2.24) is 15.3 Å². The molecule has 0 spiro atoms. The van der Waals surface area contributed by atoms with Crippen LogP contribution < -0.4 is 15.4 Å². The largest absolute Gasteiger partial charge is 0.495 e. The number of nitrogens with one attached hydrogen (secondary N) is 2. The monoisotopic (exact) mass is 386 g/mol. The van der Waals surface area contributed by atoms with Crippen LogP contribution in [0.1, 0.15) is 42.5 Å². The maximum absolute atomic E-state index is 12.2. The van der Waals surface area contributed by atoms with Crippen LogP contribution in [0, 0.1) is 0 Å². The number of amides is 1. The molecular weight excluding hydrogens is 364 g/mol. The molecule has 0 aliphatic heterocycles. The number of methoxy groups -OCH3 is 1. The van der Waals surface area contributed by atoms with Gasteiger partial charge in [-0.15, -0.1) is 0 Å². The van der Waals surface area contributed by atoms with Crippen molar-refractivity contribution in [1.29, 1.82) is 0 Å². The summed E-state index contributed by atoms with van der Waals surface area (Å²) in [5.74, 6) is 0.824. The molecule has 1 heterocycles. The molecule has 0 bridgehead atoms. The first-order chi connectivity index (χ1) is 13.2. The number of benzene rings is 1. The lowest BCUT2D eigenvalue weighted by Crippen LogP contribution is -2.25. The average molecular weight is 387 g/mol. The zero-order valence-electron chi connectivity index (χ0n) is 15.3. The van der Waals surface area contributed by atoms with Crippen molar-refractivity contribution in [2.24, 2.45) is 0 Å². The molecule has 2 aromatic rings. The van der Waals surface area contributed by atoms with Crippen molar-refractivity contribution in [2.45, 2.75) is 32.1 Å². The van der Waals surface area contributed by atoms with Crippen LogP contribution in [0.5, 0.6) is 5.75 Å². The summed E-state index contributed by atoms with van der Waals surface area (Å²) in [6.45, 7) is 0.634. The molecule has 1 aliphatic rings. The number of carbonyl (C=O) groups excluding carboxylic acids is 1. The number of allylic oxidation sites excluding steroid dienone is 1. The van der Waals surface area contributed by atoms with Crippen molar-refractivity contribution < 1.29 is 9.53 Å². The highest BCUT2D eigenvalue weighted by atomic mass is 35.5. The van der Waals surface area contributed by atoms with Crippen LogP contribution in [0.15, 0.2) is 42.2 Å². The number of rotatable bonds is 7. The molecule has 142 valence electrons. The van der Waals surface area contributed by atoms with E-state index in [1.807, 2.05) is 6.07 Å². The van der Waals surface area contributed by atoms with Gasteiger partial charge in [0, 0.05) is 24.6 Å². The molecule has 1 aromatic carbocycles. The van der Waals surface area contributed by atoms with Gasteiger partial charge < -0.3 is 15.4 Å². The fourth-order valence-electron chi connectivity index (χ4n) is 2.95. The van der Waals surface area contributed by atoms with Crippen molar-refractivity contribution in [3.8, 4) is 5.75 Å². The number of ether oxygens (including phenoxy) is 1. The van der Waals surface area contributed by atoms with Crippen molar-refractivity contribution in [3.05, 3.63) is 52.8 Å². The van der Waals surface area contributed by atoms with E-state index in [4.69, 9.17) is 16.3 Å². The molecule has 1 amide bonds. The predicted molar refractivity (Wildman–Crippen MR) is 107 cm³/mol. The Labute approximate surface area is 164 Å². The molecule has 0 radical (unpaired) electrons. The molecule has 2 N–H and O–H groups in total. The molecule has 0 fully saturated rings. The van der Waals surface area contributed by atoms with Gasteiger partial charge in [0.2, 0.25) is 5.95 Å². The van der Waals surface area contributed by atoms with E-state index in [2.05, 4.69) is 26.7 Å². The Hall–Kier alpha value is -2.60. The van der Waals surface area contributed by atoms with E-state index in [-0.39, 0.29) is 5.91 Å². The highest BCUT2D eigenvalue weighted by Gasteiger charge is 2.09. The smallest absolute Gasteiger partial charge is 0.254 e. The quantitative estimate of drug-likeness (QED) is 0.685. The third-order valence-corrected chi connectivity index (χ3v) is 4.73. The minimum Gasteiger partial charge on any atom is -0.495 e. The predicted octanol–water partition coefficient (Wildman–Crippen LogP) is 4.50. The van der Waals surface area contributed by atoms with Crippen LogP contribution in [0.4, 0.5) is 11.6 Å². The first-order valence-electron chi connectivity index (χ1n) is 9.04. The molecule has 3 rings (SSSR count). The summed E-state index contributed by atoms with van der Waals surface area (Å²) in [5.41, 5.74) is 2.61. The summed E-state index contributed by atoms with van der Waals surface area (Å²) in [6.07, 6.45) is 11.1. The molecule has 0 saturated carbocycles. The first kappa shape index (κ1) is 19.2. The Morgan fingerprint density at radius 3 is 2.74 bits per heavy atom. The maximum atomic E-state index is 12.2. The lowest BCUT2D eigenvalue weighted by molar-refractivity contribution is 0.0953. The van der Waals surface area contributed by atoms with Gasteiger partial charge in [-0.05, 0) is 50.3 Å². The van der Waals surface area contributed by atoms with Crippen LogP contribution in [-0.4, -0.2) is 29.5 Å².